The molecule has 2 amide bonds. The standard InChI is InChI=1S/C29H25F8N3O6/c1-14-8-9-39(13-21(45-3)28(32,33)34)27(43)24(14)40-12-18(22-19(30)10-17(44-2)11-20(22)31)23(26(40)42)38-25(41)15-4-6-16(7-5-15)46-29(35,36)37/h4-11,18,21,23H,12-13H2,1-3H3,(H,38,41)/t18-,21?,23-/m0/s1. The molecule has 0 aliphatic carbocycles. The molecule has 248 valence electrons. The van der Waals surface area contributed by atoms with E-state index in [9.17, 15) is 40.7 Å². The van der Waals surface area contributed by atoms with E-state index >= 15 is 8.78 Å². The van der Waals surface area contributed by atoms with Crippen LogP contribution >= 0.6 is 0 Å². The number of pyridine rings is 1. The predicted molar refractivity (Wildman–Crippen MR) is 145 cm³/mol. The lowest BCUT2D eigenvalue weighted by Gasteiger charge is -2.23. The van der Waals surface area contributed by atoms with Crippen LogP contribution in [0.4, 0.5) is 40.8 Å². The summed E-state index contributed by atoms with van der Waals surface area (Å²) in [6, 6.07) is 4.72. The van der Waals surface area contributed by atoms with Crippen LogP contribution in [0.1, 0.15) is 27.4 Å². The normalized spacial score (nSPS) is 17.6. The summed E-state index contributed by atoms with van der Waals surface area (Å²) in [4.78, 5) is 41.2. The number of rotatable bonds is 9. The van der Waals surface area contributed by atoms with Crippen molar-refractivity contribution < 1.29 is 58.9 Å². The lowest BCUT2D eigenvalue weighted by Crippen LogP contribution is -2.45. The number of nitrogens with one attached hydrogen (secondary N) is 1. The van der Waals surface area contributed by atoms with E-state index in [2.05, 4.69) is 14.8 Å². The number of anilines is 1. The van der Waals surface area contributed by atoms with E-state index in [0.717, 1.165) is 61.7 Å². The van der Waals surface area contributed by atoms with Gasteiger partial charge in [0.15, 0.2) is 6.10 Å². The molecule has 2 aromatic carbocycles. The van der Waals surface area contributed by atoms with Crippen molar-refractivity contribution in [3.8, 4) is 11.5 Å². The molecule has 3 aromatic rings. The van der Waals surface area contributed by atoms with Gasteiger partial charge >= 0.3 is 12.5 Å². The van der Waals surface area contributed by atoms with Gasteiger partial charge in [-0.25, -0.2) is 8.78 Å². The molecular formula is C29H25F8N3O6. The van der Waals surface area contributed by atoms with Crippen LogP contribution in [0.2, 0.25) is 0 Å². The number of methoxy groups -OCH3 is 2. The Kier molecular flexibility index (Phi) is 9.65. The molecule has 1 N–H and O–H groups in total. The number of benzene rings is 2. The van der Waals surface area contributed by atoms with Gasteiger partial charge in [-0.1, -0.05) is 0 Å². The van der Waals surface area contributed by atoms with Gasteiger partial charge in [-0.3, -0.25) is 14.4 Å². The van der Waals surface area contributed by atoms with Gasteiger partial charge in [0, 0.05) is 49.0 Å². The molecule has 9 nitrogen and oxygen atoms in total. The number of amides is 2. The molecule has 1 unspecified atom stereocenters. The van der Waals surface area contributed by atoms with Gasteiger partial charge < -0.3 is 29.0 Å². The highest BCUT2D eigenvalue weighted by molar-refractivity contribution is 6.05. The number of aromatic nitrogens is 1. The van der Waals surface area contributed by atoms with E-state index < -0.39 is 89.7 Å². The van der Waals surface area contributed by atoms with Crippen molar-refractivity contribution in [3.63, 3.8) is 0 Å². The summed E-state index contributed by atoms with van der Waals surface area (Å²) in [5, 5.41) is 2.32. The zero-order chi connectivity index (χ0) is 34.1. The summed E-state index contributed by atoms with van der Waals surface area (Å²) in [5.74, 6) is -6.76. The smallest absolute Gasteiger partial charge is 0.497 e. The lowest BCUT2D eigenvalue weighted by atomic mass is 9.92. The summed E-state index contributed by atoms with van der Waals surface area (Å²) >= 11 is 0. The van der Waals surface area contributed by atoms with E-state index in [-0.39, 0.29) is 16.9 Å². The van der Waals surface area contributed by atoms with Crippen molar-refractivity contribution in [2.75, 3.05) is 25.7 Å². The van der Waals surface area contributed by atoms with Crippen LogP contribution in [0.15, 0.2) is 53.5 Å². The number of alkyl halides is 6. The number of ether oxygens (including phenoxy) is 3. The molecule has 0 radical (unpaired) electrons. The Balaban J connectivity index is 1.75. The molecule has 17 heteroatoms. The van der Waals surface area contributed by atoms with Crippen molar-refractivity contribution in [2.24, 2.45) is 0 Å². The Morgan fingerprint density at radius 3 is 2.11 bits per heavy atom. The Morgan fingerprint density at radius 1 is 0.978 bits per heavy atom. The number of hydrogen-bond donors (Lipinski definition) is 1. The van der Waals surface area contributed by atoms with Gasteiger partial charge in [-0.2, -0.15) is 13.2 Å². The van der Waals surface area contributed by atoms with Crippen LogP contribution in [0.25, 0.3) is 0 Å². The molecule has 1 aliphatic heterocycles. The first-order chi connectivity index (χ1) is 21.4. The van der Waals surface area contributed by atoms with Crippen LogP contribution in [-0.4, -0.2) is 61.8 Å². The number of carbonyl (C=O) groups excluding carboxylic acids is 2. The SMILES string of the molecule is COc1cc(F)c([C@@H]2CN(c3c(C)ccn(CC(OC)C(F)(F)F)c3=O)C(=O)[C@H]2NC(=O)c2ccc(OC(F)(F)F)cc2)c(F)c1. The second kappa shape index (κ2) is 13.0. The van der Waals surface area contributed by atoms with Crippen LogP contribution < -0.4 is 25.2 Å². The maximum Gasteiger partial charge on any atom is 0.573 e. The van der Waals surface area contributed by atoms with Gasteiger partial charge in [0.25, 0.3) is 11.5 Å². The highest BCUT2D eigenvalue weighted by atomic mass is 19.4. The van der Waals surface area contributed by atoms with Gasteiger partial charge in [0.1, 0.15) is 34.9 Å². The first-order valence-corrected chi connectivity index (χ1v) is 13.3. The fourth-order valence-corrected chi connectivity index (χ4v) is 5.04. The molecule has 1 saturated heterocycles. The molecule has 1 aliphatic rings. The van der Waals surface area contributed by atoms with Crippen molar-refractivity contribution in [3.05, 3.63) is 87.3 Å². The molecule has 1 aromatic heterocycles. The molecule has 3 atom stereocenters. The van der Waals surface area contributed by atoms with Crippen molar-refractivity contribution in [1.82, 2.24) is 9.88 Å². The summed E-state index contributed by atoms with van der Waals surface area (Å²) in [7, 11) is 1.95. The molecule has 4 rings (SSSR count). The Morgan fingerprint density at radius 2 is 1.59 bits per heavy atom. The molecule has 0 saturated carbocycles. The highest BCUT2D eigenvalue weighted by Crippen LogP contribution is 2.37. The third kappa shape index (κ3) is 7.24. The highest BCUT2D eigenvalue weighted by Gasteiger charge is 2.47. The zero-order valence-electron chi connectivity index (χ0n) is 24.1. The Bertz CT molecular complexity index is 1650. The number of hydrogen-bond acceptors (Lipinski definition) is 6. The van der Waals surface area contributed by atoms with Gasteiger partial charge in [0.05, 0.1) is 13.7 Å². The number of carbonyl (C=O) groups is 2. The zero-order valence-corrected chi connectivity index (χ0v) is 24.1. The van der Waals surface area contributed by atoms with E-state index in [1.807, 2.05) is 0 Å². The predicted octanol–water partition coefficient (Wildman–Crippen LogP) is 4.85. The second-order valence-electron chi connectivity index (χ2n) is 10.2. The minimum absolute atomic E-state index is 0.122. The third-order valence-electron chi connectivity index (χ3n) is 7.23. The van der Waals surface area contributed by atoms with Crippen LogP contribution in [0.3, 0.4) is 0 Å². The van der Waals surface area contributed by atoms with Crippen molar-refractivity contribution in [2.45, 2.75) is 44.1 Å². The van der Waals surface area contributed by atoms with Crippen LogP contribution in [0.5, 0.6) is 11.5 Å². The van der Waals surface area contributed by atoms with Gasteiger partial charge in [-0.05, 0) is 42.8 Å². The van der Waals surface area contributed by atoms with Crippen LogP contribution in [0, 0.1) is 18.6 Å². The fourth-order valence-electron chi connectivity index (χ4n) is 5.04. The quantitative estimate of drug-likeness (QED) is 0.329. The topological polar surface area (TPSA) is 99.1 Å². The monoisotopic (exact) mass is 663 g/mol. The van der Waals surface area contributed by atoms with Crippen LogP contribution in [-0.2, 0) is 16.1 Å². The van der Waals surface area contributed by atoms with E-state index in [4.69, 9.17) is 4.74 Å². The van der Waals surface area contributed by atoms with Crippen molar-refractivity contribution >= 4 is 17.5 Å². The third-order valence-corrected chi connectivity index (χ3v) is 7.23. The first-order valence-electron chi connectivity index (χ1n) is 13.3. The summed E-state index contributed by atoms with van der Waals surface area (Å²) in [6.07, 6.45) is -11.2. The summed E-state index contributed by atoms with van der Waals surface area (Å²) in [5.41, 5.74) is -2.26. The average molecular weight is 664 g/mol. The molecule has 0 bridgehead atoms. The maximum absolute atomic E-state index is 15.3. The molecule has 1 fully saturated rings. The number of halogens is 8. The number of nitrogens with zero attached hydrogens (tertiary/aromatic N) is 2. The summed E-state index contributed by atoms with van der Waals surface area (Å²) in [6.45, 7) is -0.200. The lowest BCUT2D eigenvalue weighted by molar-refractivity contribution is -0.274. The summed E-state index contributed by atoms with van der Waals surface area (Å²) < 4.78 is 122. The molecule has 46 heavy (non-hydrogen) atoms. The van der Waals surface area contributed by atoms with Gasteiger partial charge in [0.2, 0.25) is 5.91 Å². The largest absolute Gasteiger partial charge is 0.573 e. The minimum atomic E-state index is -5.01. The fraction of sp³-hybridized carbons (Fsp3) is 0.345. The maximum atomic E-state index is 15.3. The first kappa shape index (κ1) is 34.2. The second-order valence-corrected chi connectivity index (χ2v) is 10.2. The van der Waals surface area contributed by atoms with E-state index in [1.165, 1.54) is 13.0 Å². The molecule has 2 heterocycles. The Labute approximate surface area is 255 Å². The molecule has 0 spiro atoms. The van der Waals surface area contributed by atoms with E-state index in [0.29, 0.717) is 4.57 Å². The van der Waals surface area contributed by atoms with Crippen molar-refractivity contribution in [1.29, 1.82) is 0 Å². The average Bonchev–Trinajstić information content (AvgIpc) is 3.25. The van der Waals surface area contributed by atoms with Gasteiger partial charge in [-0.15, -0.1) is 13.2 Å². The van der Waals surface area contributed by atoms with E-state index in [1.54, 1.807) is 0 Å². The minimum Gasteiger partial charge on any atom is -0.497 e. The molecular weight excluding hydrogens is 638 g/mol. The number of aryl methyl sites for hydroxylation is 1. The Hall–Kier alpha value is -4.67.